The average molecular weight is 678 g/mol. The second-order valence-corrected chi connectivity index (χ2v) is 9.14. The zero-order valence-corrected chi connectivity index (χ0v) is 28.6. The minimum atomic E-state index is -0.0354. The molecule has 0 aromatic carbocycles. The smallest absolute Gasteiger partial charge is 0.737 e. The Hall–Kier alpha value is -3.84. The van der Waals surface area contributed by atoms with Crippen molar-refractivity contribution in [1.29, 1.82) is 0 Å². The Morgan fingerprint density at radius 1 is 0.761 bits per heavy atom. The van der Waals surface area contributed by atoms with Crippen molar-refractivity contribution in [3.8, 4) is 0 Å². The van der Waals surface area contributed by atoms with E-state index in [0.29, 0.717) is 32.1 Å². The molecule has 0 saturated carbocycles. The molecular weight excluding hydrogens is 616 g/mol. The van der Waals surface area contributed by atoms with E-state index >= 15 is 0 Å². The molecule has 0 heterocycles. The minimum Gasteiger partial charge on any atom is -0.737 e. The number of hydrogen-bond donors (Lipinski definition) is 6. The highest BCUT2D eigenvalue weighted by molar-refractivity contribution is 4.52. The van der Waals surface area contributed by atoms with E-state index in [-0.39, 0.29) is 18.8 Å². The first-order chi connectivity index (χ1) is 21.9. The van der Waals surface area contributed by atoms with Gasteiger partial charge in [0.15, 0.2) is 0 Å². The van der Waals surface area contributed by atoms with Gasteiger partial charge in [0, 0.05) is 28.9 Å². The number of hydrazine groups is 2. The first-order valence-corrected chi connectivity index (χ1v) is 14.5. The minimum absolute atomic E-state index is 0. The topological polar surface area (TPSA) is 352 Å². The molecule has 276 valence electrons. The summed E-state index contributed by atoms with van der Waals surface area (Å²) in [5.74, 6) is 0. The molecule has 0 amide bonds. The van der Waals surface area contributed by atoms with Gasteiger partial charge in [0.25, 0.3) is 0 Å². The number of nitrogens with one attached hydrogen (secondary N) is 3. The van der Waals surface area contributed by atoms with E-state index in [0.717, 1.165) is 39.0 Å². The fourth-order valence-corrected chi connectivity index (χ4v) is 2.45. The molecule has 0 unspecified atom stereocenters. The number of nitrogens with two attached hydrogens (primary N) is 3. The first-order valence-electron chi connectivity index (χ1n) is 14.5. The summed E-state index contributed by atoms with van der Waals surface area (Å²) < 4.78 is 0. The van der Waals surface area contributed by atoms with Crippen LogP contribution in [0.15, 0.2) is 31.7 Å². The van der Waals surface area contributed by atoms with Crippen LogP contribution in [0.4, 0.5) is 0 Å². The predicted octanol–water partition coefficient (Wildman–Crippen LogP) is 0.540. The second kappa shape index (κ2) is 50.8. The van der Waals surface area contributed by atoms with Gasteiger partial charge in [-0.1, -0.05) is 13.8 Å². The summed E-state index contributed by atoms with van der Waals surface area (Å²) in [6, 6.07) is 0.563. The summed E-state index contributed by atoms with van der Waals surface area (Å²) in [4.78, 5) is 33.9. The Kier molecular flexibility index (Phi) is 60.3. The van der Waals surface area contributed by atoms with Crippen LogP contribution in [0.5, 0.6) is 0 Å². The molecule has 0 aliphatic carbocycles. The summed E-state index contributed by atoms with van der Waals surface area (Å²) in [6.07, 6.45) is 3.83. The van der Waals surface area contributed by atoms with Crippen molar-refractivity contribution in [2.45, 2.75) is 65.5 Å². The van der Waals surface area contributed by atoms with Gasteiger partial charge in [-0.3, -0.25) is 0 Å². The van der Waals surface area contributed by atoms with Crippen LogP contribution >= 0.6 is 0 Å². The molecule has 0 rings (SSSR count). The Balaban J connectivity index is -0.0000000689. The van der Waals surface area contributed by atoms with Crippen LogP contribution in [-0.2, 0) is 0 Å². The molecule has 0 aromatic rings. The number of quaternary nitrogens is 1. The van der Waals surface area contributed by atoms with E-state index in [9.17, 15) is 20.8 Å². The van der Waals surface area contributed by atoms with Crippen molar-refractivity contribution in [3.63, 3.8) is 0 Å². The van der Waals surface area contributed by atoms with E-state index in [1.165, 1.54) is 30.0 Å². The fraction of sp³-hybridized carbons (Fsp3) is 1.00. The van der Waals surface area contributed by atoms with E-state index in [2.05, 4.69) is 52.7 Å². The summed E-state index contributed by atoms with van der Waals surface area (Å²) in [5, 5.41) is 65.5. The summed E-state index contributed by atoms with van der Waals surface area (Å²) in [7, 11) is 7.42. The number of nitrogens with zero attached hydrogens (tertiary/aromatic N) is 10. The Morgan fingerprint density at radius 3 is 1.54 bits per heavy atom. The van der Waals surface area contributed by atoms with Gasteiger partial charge in [-0.25, -0.2) is 0 Å². The summed E-state index contributed by atoms with van der Waals surface area (Å²) >= 11 is 0. The Labute approximate surface area is 274 Å². The highest BCUT2D eigenvalue weighted by Gasteiger charge is 2.14. The van der Waals surface area contributed by atoms with Crippen molar-refractivity contribution in [1.82, 2.24) is 26.0 Å². The molecule has 0 atom stereocenters. The first kappa shape index (κ1) is 54.6. The van der Waals surface area contributed by atoms with Crippen LogP contribution in [0, 0.1) is 40.5 Å². The number of hydrogen-bond acceptors (Lipinski definition) is 15. The molecule has 0 saturated heterocycles. The standard InChI is InChI=1S/C6H16N4O2.C6H16N2.C5H14N4O2.C5H14N2.2N2O2/c1-6(2)9(5-3-4-7)10(12)8-11;1-6(2)8-5-3-4-7;1-6-4-3-5-8(2)9(11)7-10;1-6-4-3-5-7-2;2*3-1-2-4/h6,11H,3-5,7H2,1-2H3;6,8H,3-5,7H2,1-2H3;6,10H,3-5H2,1-2H3;6-7H,3-5H2,1-2H3;;/p+1. The quantitative estimate of drug-likeness (QED) is 0.0336. The van der Waals surface area contributed by atoms with Crippen molar-refractivity contribution >= 4 is 0 Å². The maximum Gasteiger partial charge on any atom is 1.00 e. The van der Waals surface area contributed by atoms with Crippen LogP contribution in [0.25, 0.3) is 0 Å². The van der Waals surface area contributed by atoms with Gasteiger partial charge in [-0.05, 0) is 83.9 Å². The van der Waals surface area contributed by atoms with Gasteiger partial charge in [-0.2, -0.15) is 5.01 Å². The molecule has 0 aliphatic rings. The van der Waals surface area contributed by atoms with E-state index in [1.54, 1.807) is 21.1 Å². The molecule has 0 radical (unpaired) electrons. The lowest BCUT2D eigenvalue weighted by molar-refractivity contribution is -0.697. The Bertz CT molecular complexity index is 678. The second-order valence-electron chi connectivity index (χ2n) is 9.14. The zero-order chi connectivity index (χ0) is 37.0. The molecule has 0 aliphatic heterocycles. The van der Waals surface area contributed by atoms with Crippen LogP contribution in [0.2, 0.25) is 0 Å². The lowest BCUT2D eigenvalue weighted by Gasteiger charge is -2.22. The molecular formula is C22H61N16O8+. The van der Waals surface area contributed by atoms with Crippen LogP contribution in [-0.4, -0.2) is 113 Å². The molecule has 46 heavy (non-hydrogen) atoms. The van der Waals surface area contributed by atoms with Crippen LogP contribution in [0.1, 0.15) is 56.2 Å². The highest BCUT2D eigenvalue weighted by Crippen LogP contribution is 1.99. The average Bonchev–Trinajstić information content (AvgIpc) is 3.05. The molecule has 24 heteroatoms. The maximum absolute atomic E-state index is 10.8. The normalized spacial score (nSPS) is 10.1. The number of nitroso groups, excluding NO2 is 4. The maximum atomic E-state index is 10.8. The monoisotopic (exact) mass is 677 g/mol. The van der Waals surface area contributed by atoms with Gasteiger partial charge in [0.05, 0.1) is 39.8 Å². The Morgan fingerprint density at radius 2 is 1.22 bits per heavy atom. The third kappa shape index (κ3) is 59.5. The highest BCUT2D eigenvalue weighted by atomic mass is 16.6. The van der Waals surface area contributed by atoms with Gasteiger partial charge in [0.1, 0.15) is 21.1 Å². The van der Waals surface area contributed by atoms with Crippen molar-refractivity contribution in [2.75, 3.05) is 80.5 Å². The number of rotatable bonds is 20. The lowest BCUT2D eigenvalue weighted by atomic mass is 10.3. The molecule has 0 aromatic heterocycles. The fourth-order valence-electron chi connectivity index (χ4n) is 2.45. The molecule has 9 N–H and O–H groups in total. The zero-order valence-electron chi connectivity index (χ0n) is 30.6. The molecule has 24 nitrogen and oxygen atoms in total. The van der Waals surface area contributed by atoms with E-state index < -0.39 is 0 Å². The van der Waals surface area contributed by atoms with Crippen LogP contribution < -0.4 is 32.7 Å². The molecule has 0 spiro atoms. The lowest BCUT2D eigenvalue weighted by Crippen LogP contribution is -2.79. The van der Waals surface area contributed by atoms with E-state index in [1.807, 2.05) is 27.9 Å². The third-order valence-corrected chi connectivity index (χ3v) is 4.67. The molecule has 0 fully saturated rings. The predicted molar refractivity (Wildman–Crippen MR) is 179 cm³/mol. The van der Waals surface area contributed by atoms with Gasteiger partial charge >= 0.3 is 2.85 Å². The van der Waals surface area contributed by atoms with Gasteiger partial charge in [-0.15, -0.1) is 24.6 Å². The molecule has 0 bridgehead atoms. The van der Waals surface area contributed by atoms with Crippen molar-refractivity contribution in [3.05, 3.63) is 40.5 Å². The van der Waals surface area contributed by atoms with Crippen LogP contribution in [0.3, 0.4) is 0 Å². The van der Waals surface area contributed by atoms with E-state index in [4.69, 9.17) is 31.1 Å². The summed E-state index contributed by atoms with van der Waals surface area (Å²) in [6.45, 7) is 14.4. The largest absolute Gasteiger partial charge is 1.00 e. The third-order valence-electron chi connectivity index (χ3n) is 4.67. The van der Waals surface area contributed by atoms with Gasteiger partial charge in [0.2, 0.25) is 0 Å². The van der Waals surface area contributed by atoms with Crippen molar-refractivity contribution < 1.29 is 18.1 Å². The summed E-state index contributed by atoms with van der Waals surface area (Å²) in [5.41, 5.74) is 10.5. The van der Waals surface area contributed by atoms with Gasteiger partial charge < -0.3 is 53.6 Å². The van der Waals surface area contributed by atoms with Crippen molar-refractivity contribution in [2.24, 2.45) is 43.2 Å². The SMILES string of the molecule is CC(C)N(CCCN)[N+]([O-])=N[O-].CC(C)NCCCN.CNCCCN(C)[N+]([O-])=N[O-].CNCCC[NH2+]C.O=NN=O.O=NN=O.[H+].[H+].